The smallest absolute Gasteiger partial charge is 0.358 e. The van der Waals surface area contributed by atoms with Crippen LogP contribution in [0.5, 0.6) is 0 Å². The molecule has 0 bridgehead atoms. The molecule has 0 aliphatic heterocycles. The van der Waals surface area contributed by atoms with Gasteiger partial charge in [0, 0.05) is 12.3 Å². The summed E-state index contributed by atoms with van der Waals surface area (Å²) in [6.45, 7) is 0.544. The lowest BCUT2D eigenvalue weighted by Gasteiger charge is -2.04. The number of hydrogen-bond acceptors (Lipinski definition) is 4. The molecule has 17 heavy (non-hydrogen) atoms. The molecule has 1 fully saturated rings. The molecule has 92 valence electrons. The molecule has 7 heteroatoms. The van der Waals surface area contributed by atoms with Crippen molar-refractivity contribution in [2.45, 2.75) is 32.2 Å². The van der Waals surface area contributed by atoms with Gasteiger partial charge >= 0.3 is 5.82 Å². The standard InChI is InChI=1S/C10H12BrN3O3/c11-8-6-13(12-10(8)14(16)17)5-4-7-2-1-3-9(7)15/h6-7H,1-5H2. The van der Waals surface area contributed by atoms with Crippen molar-refractivity contribution in [2.24, 2.45) is 5.92 Å². The zero-order chi connectivity index (χ0) is 12.4. The van der Waals surface area contributed by atoms with Crippen LogP contribution in [0.2, 0.25) is 0 Å². The van der Waals surface area contributed by atoms with E-state index in [4.69, 9.17) is 0 Å². The molecule has 0 spiro atoms. The number of halogens is 1. The van der Waals surface area contributed by atoms with E-state index in [0.29, 0.717) is 29.6 Å². The highest BCUT2D eigenvalue weighted by atomic mass is 79.9. The van der Waals surface area contributed by atoms with Gasteiger partial charge in [0.05, 0.1) is 17.8 Å². The van der Waals surface area contributed by atoms with Crippen molar-refractivity contribution in [3.63, 3.8) is 0 Å². The molecule has 0 aromatic carbocycles. The van der Waals surface area contributed by atoms with Gasteiger partial charge in [-0.25, -0.2) is 0 Å². The number of carbonyl (C=O) groups is 1. The summed E-state index contributed by atoms with van der Waals surface area (Å²) in [7, 11) is 0. The summed E-state index contributed by atoms with van der Waals surface area (Å²) < 4.78 is 1.90. The first-order valence-corrected chi connectivity index (χ1v) is 6.27. The van der Waals surface area contributed by atoms with Gasteiger partial charge in [0.1, 0.15) is 10.3 Å². The van der Waals surface area contributed by atoms with Crippen LogP contribution in [0.4, 0.5) is 5.82 Å². The fraction of sp³-hybridized carbons (Fsp3) is 0.600. The third-order valence-electron chi connectivity index (χ3n) is 3.01. The van der Waals surface area contributed by atoms with Crippen molar-refractivity contribution in [3.8, 4) is 0 Å². The lowest BCUT2D eigenvalue weighted by Crippen LogP contribution is -2.10. The molecule has 6 nitrogen and oxygen atoms in total. The molecule has 1 heterocycles. The fourth-order valence-corrected chi connectivity index (χ4v) is 2.57. The molecule has 1 aromatic heterocycles. The van der Waals surface area contributed by atoms with Crippen molar-refractivity contribution < 1.29 is 9.72 Å². The Bertz CT molecular complexity index is 458. The first kappa shape index (κ1) is 12.2. The summed E-state index contributed by atoms with van der Waals surface area (Å²) >= 11 is 3.09. The normalized spacial score (nSPS) is 19.8. The molecule has 1 atom stereocenters. The highest BCUT2D eigenvalue weighted by molar-refractivity contribution is 9.10. The number of aryl methyl sites for hydroxylation is 1. The largest absolute Gasteiger partial charge is 0.404 e. The van der Waals surface area contributed by atoms with E-state index in [9.17, 15) is 14.9 Å². The first-order valence-electron chi connectivity index (χ1n) is 5.48. The van der Waals surface area contributed by atoms with Crippen LogP contribution in [-0.2, 0) is 11.3 Å². The minimum atomic E-state index is -0.526. The summed E-state index contributed by atoms with van der Waals surface area (Å²) in [5.74, 6) is 0.241. The summed E-state index contributed by atoms with van der Waals surface area (Å²) in [5, 5.41) is 14.4. The lowest BCUT2D eigenvalue weighted by atomic mass is 10.0. The van der Waals surface area contributed by atoms with Gasteiger partial charge in [-0.3, -0.25) is 4.79 Å². The number of Topliss-reactive ketones (excluding diaryl/α,β-unsaturated/α-hetero) is 1. The predicted octanol–water partition coefficient (Wildman–Crippen LogP) is 2.31. The molecule has 0 amide bonds. The Morgan fingerprint density at radius 1 is 1.65 bits per heavy atom. The maximum absolute atomic E-state index is 11.4. The summed E-state index contributed by atoms with van der Waals surface area (Å²) in [5.41, 5.74) is 0. The van der Waals surface area contributed by atoms with Crippen LogP contribution >= 0.6 is 15.9 Å². The van der Waals surface area contributed by atoms with E-state index in [1.54, 1.807) is 6.20 Å². The Labute approximate surface area is 106 Å². The van der Waals surface area contributed by atoms with Crippen LogP contribution in [-0.4, -0.2) is 20.5 Å². The van der Waals surface area contributed by atoms with E-state index in [1.165, 1.54) is 4.68 Å². The summed E-state index contributed by atoms with van der Waals surface area (Å²) in [4.78, 5) is 21.5. The number of carbonyl (C=O) groups excluding carboxylic acids is 1. The highest BCUT2D eigenvalue weighted by Gasteiger charge is 2.25. The van der Waals surface area contributed by atoms with E-state index in [-0.39, 0.29) is 11.7 Å². The third kappa shape index (κ3) is 2.71. The van der Waals surface area contributed by atoms with Gasteiger partial charge in [-0.2, -0.15) is 4.68 Å². The van der Waals surface area contributed by atoms with Crippen molar-refractivity contribution in [1.82, 2.24) is 9.78 Å². The highest BCUT2D eigenvalue weighted by Crippen LogP contribution is 2.26. The maximum atomic E-state index is 11.4. The van der Waals surface area contributed by atoms with Gasteiger partial charge in [0.2, 0.25) is 0 Å². The monoisotopic (exact) mass is 301 g/mol. The molecule has 1 unspecified atom stereocenters. The molecule has 1 aliphatic carbocycles. The zero-order valence-corrected chi connectivity index (χ0v) is 10.7. The second-order valence-corrected chi connectivity index (χ2v) is 5.02. The SMILES string of the molecule is O=C1CCCC1CCn1cc(Br)c([N+](=O)[O-])n1. The number of nitrogens with zero attached hydrogens (tertiary/aromatic N) is 3. The number of nitro groups is 1. The summed E-state index contributed by atoms with van der Waals surface area (Å²) in [6.07, 6.45) is 4.87. The van der Waals surface area contributed by atoms with Crippen LogP contribution in [0.1, 0.15) is 25.7 Å². The van der Waals surface area contributed by atoms with Crippen molar-refractivity contribution in [1.29, 1.82) is 0 Å². The Balaban J connectivity index is 1.97. The summed E-state index contributed by atoms with van der Waals surface area (Å²) in [6, 6.07) is 0. The van der Waals surface area contributed by atoms with Gasteiger partial charge in [0.15, 0.2) is 0 Å². The Kier molecular flexibility index (Phi) is 3.56. The zero-order valence-electron chi connectivity index (χ0n) is 9.13. The van der Waals surface area contributed by atoms with E-state index in [1.807, 2.05) is 0 Å². The lowest BCUT2D eigenvalue weighted by molar-refractivity contribution is -0.390. The molecule has 1 aliphatic rings. The molecule has 1 aromatic rings. The Morgan fingerprint density at radius 2 is 2.41 bits per heavy atom. The number of ketones is 1. The van der Waals surface area contributed by atoms with Crippen LogP contribution in [0.15, 0.2) is 10.7 Å². The third-order valence-corrected chi connectivity index (χ3v) is 3.57. The van der Waals surface area contributed by atoms with Gasteiger partial charge < -0.3 is 10.1 Å². The van der Waals surface area contributed by atoms with E-state index in [0.717, 1.165) is 12.8 Å². The number of rotatable bonds is 4. The van der Waals surface area contributed by atoms with Crippen LogP contribution in [0.3, 0.4) is 0 Å². The van der Waals surface area contributed by atoms with E-state index >= 15 is 0 Å². The fourth-order valence-electron chi connectivity index (χ4n) is 2.11. The van der Waals surface area contributed by atoms with Crippen molar-refractivity contribution >= 4 is 27.5 Å². The van der Waals surface area contributed by atoms with Crippen LogP contribution < -0.4 is 0 Å². The van der Waals surface area contributed by atoms with Gasteiger partial charge in [0.25, 0.3) is 0 Å². The quantitative estimate of drug-likeness (QED) is 0.631. The van der Waals surface area contributed by atoms with E-state index < -0.39 is 4.92 Å². The molecular weight excluding hydrogens is 290 g/mol. The average molecular weight is 302 g/mol. The molecular formula is C10H12BrN3O3. The second-order valence-electron chi connectivity index (χ2n) is 4.16. The molecule has 2 rings (SSSR count). The minimum Gasteiger partial charge on any atom is -0.358 e. The maximum Gasteiger partial charge on any atom is 0.404 e. The van der Waals surface area contributed by atoms with Crippen LogP contribution in [0, 0.1) is 16.0 Å². The molecule has 0 N–H and O–H groups in total. The van der Waals surface area contributed by atoms with Gasteiger partial charge in [-0.1, -0.05) is 0 Å². The number of hydrogen-bond donors (Lipinski definition) is 0. The topological polar surface area (TPSA) is 78.0 Å². The Hall–Kier alpha value is -1.24. The van der Waals surface area contributed by atoms with Crippen molar-refractivity contribution in [3.05, 3.63) is 20.8 Å². The van der Waals surface area contributed by atoms with Crippen molar-refractivity contribution in [2.75, 3.05) is 0 Å². The molecule has 1 saturated carbocycles. The molecule has 0 radical (unpaired) electrons. The first-order chi connectivity index (χ1) is 8.08. The predicted molar refractivity (Wildman–Crippen MR) is 63.5 cm³/mol. The Morgan fingerprint density at radius 3 is 2.94 bits per heavy atom. The van der Waals surface area contributed by atoms with Crippen LogP contribution in [0.25, 0.3) is 0 Å². The molecule has 0 saturated heterocycles. The van der Waals surface area contributed by atoms with Gasteiger partial charge in [-0.05, 0) is 40.1 Å². The van der Waals surface area contributed by atoms with E-state index in [2.05, 4.69) is 21.0 Å². The second kappa shape index (κ2) is 4.95. The average Bonchev–Trinajstić information content (AvgIpc) is 2.82. The van der Waals surface area contributed by atoms with Gasteiger partial charge in [-0.15, -0.1) is 0 Å². The number of aromatic nitrogens is 2. The minimum absolute atomic E-state index is 0.108.